The summed E-state index contributed by atoms with van der Waals surface area (Å²) in [5, 5.41) is 0. The van der Waals surface area contributed by atoms with Crippen LogP contribution in [0.5, 0.6) is 0 Å². The van der Waals surface area contributed by atoms with Crippen LogP contribution in [0.15, 0.2) is 45.3 Å². The average Bonchev–Trinajstić information content (AvgIpc) is 2.97. The molecule has 3 rings (SSSR count). The van der Waals surface area contributed by atoms with Crippen molar-refractivity contribution in [3.05, 3.63) is 60.8 Å². The van der Waals surface area contributed by atoms with E-state index >= 15 is 0 Å². The van der Waals surface area contributed by atoms with Gasteiger partial charge in [0.05, 0.1) is 28.5 Å². The standard InChI is InChI=1S/C21H25N3O3S/c1-7-27-20(26)16-13(4)22-21-24(19(25)18(28-21)12(2)3)17(16)14-8-10-15(11-9-14)23(5)6/h8-11,17H,7H2,1-6H3/t17-/m0/s1. The van der Waals surface area contributed by atoms with Crippen LogP contribution >= 0.6 is 11.3 Å². The van der Waals surface area contributed by atoms with Crippen molar-refractivity contribution in [1.82, 2.24) is 4.57 Å². The quantitative estimate of drug-likeness (QED) is 0.740. The zero-order valence-corrected chi connectivity index (χ0v) is 17.9. The lowest BCUT2D eigenvalue weighted by Gasteiger charge is -2.25. The van der Waals surface area contributed by atoms with E-state index in [4.69, 9.17) is 4.74 Å². The topological polar surface area (TPSA) is 63.9 Å². The number of benzene rings is 1. The second-order valence-electron chi connectivity index (χ2n) is 7.11. The van der Waals surface area contributed by atoms with Crippen molar-refractivity contribution in [3.63, 3.8) is 0 Å². The number of allylic oxidation sites excluding steroid dienone is 1. The molecule has 0 amide bonds. The molecule has 2 heterocycles. The van der Waals surface area contributed by atoms with E-state index < -0.39 is 12.0 Å². The normalized spacial score (nSPS) is 15.7. The number of nitrogens with zero attached hydrogens (tertiary/aromatic N) is 3. The number of ether oxygens (including phenoxy) is 1. The van der Waals surface area contributed by atoms with Gasteiger partial charge in [-0.1, -0.05) is 29.0 Å². The van der Waals surface area contributed by atoms with Gasteiger partial charge in [0.15, 0.2) is 4.80 Å². The monoisotopic (exact) mass is 399 g/mol. The van der Waals surface area contributed by atoms with E-state index in [0.717, 1.165) is 16.8 Å². The molecule has 0 N–H and O–H groups in total. The van der Waals surface area contributed by atoms with E-state index in [2.05, 4.69) is 4.99 Å². The van der Waals surface area contributed by atoms with Gasteiger partial charge in [-0.15, -0.1) is 0 Å². The molecule has 0 fully saturated rings. The molecule has 0 unspecified atom stereocenters. The van der Waals surface area contributed by atoms with Crippen molar-refractivity contribution in [2.45, 2.75) is 33.7 Å². The smallest absolute Gasteiger partial charge is 0.338 e. The van der Waals surface area contributed by atoms with Gasteiger partial charge in [-0.3, -0.25) is 9.36 Å². The first-order chi connectivity index (χ1) is 13.3. The molecule has 7 heteroatoms. The third-order valence-electron chi connectivity index (χ3n) is 4.67. The Morgan fingerprint density at radius 2 is 1.89 bits per heavy atom. The number of fused-ring (bicyclic) bond motifs is 1. The fourth-order valence-electron chi connectivity index (χ4n) is 3.27. The Kier molecular flexibility index (Phi) is 5.56. The summed E-state index contributed by atoms with van der Waals surface area (Å²) in [7, 11) is 3.94. The number of esters is 1. The van der Waals surface area contributed by atoms with Crippen molar-refractivity contribution < 1.29 is 9.53 Å². The van der Waals surface area contributed by atoms with E-state index in [1.165, 1.54) is 11.3 Å². The molecule has 28 heavy (non-hydrogen) atoms. The Labute approximate surface area is 168 Å². The molecule has 0 aliphatic carbocycles. The van der Waals surface area contributed by atoms with E-state index in [1.54, 1.807) is 18.4 Å². The summed E-state index contributed by atoms with van der Waals surface area (Å²) in [6.45, 7) is 7.65. The molecule has 0 radical (unpaired) electrons. The van der Waals surface area contributed by atoms with Gasteiger partial charge in [-0.25, -0.2) is 9.79 Å². The van der Waals surface area contributed by atoms with Gasteiger partial charge in [0.2, 0.25) is 0 Å². The van der Waals surface area contributed by atoms with Crippen LogP contribution < -0.4 is 19.8 Å². The number of hydrogen-bond acceptors (Lipinski definition) is 6. The van der Waals surface area contributed by atoms with Crippen LogP contribution in [0.1, 0.15) is 39.3 Å². The first-order valence-electron chi connectivity index (χ1n) is 9.19. The minimum atomic E-state index is -0.556. The molecule has 1 aromatic heterocycles. The summed E-state index contributed by atoms with van der Waals surface area (Å²) in [5.74, 6) is -0.437. The van der Waals surface area contributed by atoms with Crippen molar-refractivity contribution >= 4 is 28.6 Å². The SMILES string of the molecule is CCOC(=O)C1=C(C)N=c2sc(=C(C)C)c(=O)n2[C@H]1c1ccc(N(C)C)cc1. The fraction of sp³-hybridized carbons (Fsp3) is 0.381. The van der Waals surface area contributed by atoms with Gasteiger partial charge in [0, 0.05) is 19.8 Å². The lowest BCUT2D eigenvalue weighted by atomic mass is 9.95. The van der Waals surface area contributed by atoms with Crippen LogP contribution in [-0.2, 0) is 9.53 Å². The number of thiazole rings is 1. The van der Waals surface area contributed by atoms with E-state index in [0.29, 0.717) is 20.6 Å². The minimum Gasteiger partial charge on any atom is -0.463 e. The highest BCUT2D eigenvalue weighted by molar-refractivity contribution is 7.07. The van der Waals surface area contributed by atoms with Crippen LogP contribution in [0.25, 0.3) is 5.57 Å². The number of carbonyl (C=O) groups excluding carboxylic acids is 1. The third kappa shape index (κ3) is 3.42. The Balaban J connectivity index is 2.30. The van der Waals surface area contributed by atoms with Crippen LogP contribution in [0.4, 0.5) is 5.69 Å². The molecule has 0 saturated carbocycles. The number of anilines is 1. The molecule has 0 bridgehead atoms. The van der Waals surface area contributed by atoms with Gasteiger partial charge in [0.1, 0.15) is 0 Å². The summed E-state index contributed by atoms with van der Waals surface area (Å²) in [4.78, 5) is 33.1. The van der Waals surface area contributed by atoms with Crippen LogP contribution in [0.3, 0.4) is 0 Å². The minimum absolute atomic E-state index is 0.125. The molecule has 1 aliphatic heterocycles. The van der Waals surface area contributed by atoms with Gasteiger partial charge >= 0.3 is 5.97 Å². The largest absolute Gasteiger partial charge is 0.463 e. The molecule has 1 aliphatic rings. The maximum absolute atomic E-state index is 13.2. The molecule has 148 valence electrons. The molecular weight excluding hydrogens is 374 g/mol. The zero-order valence-electron chi connectivity index (χ0n) is 17.1. The van der Waals surface area contributed by atoms with E-state index in [9.17, 15) is 9.59 Å². The number of hydrogen-bond donors (Lipinski definition) is 0. The van der Waals surface area contributed by atoms with Crippen molar-refractivity contribution in [2.75, 3.05) is 25.6 Å². The lowest BCUT2D eigenvalue weighted by Crippen LogP contribution is -2.40. The summed E-state index contributed by atoms with van der Waals surface area (Å²) in [6.07, 6.45) is 0. The fourth-order valence-corrected chi connectivity index (χ4v) is 4.31. The Bertz CT molecular complexity index is 1120. The summed E-state index contributed by atoms with van der Waals surface area (Å²) >= 11 is 1.36. The predicted molar refractivity (Wildman–Crippen MR) is 112 cm³/mol. The number of aromatic nitrogens is 1. The molecule has 0 saturated heterocycles. The summed E-state index contributed by atoms with van der Waals surface area (Å²) in [6, 6.07) is 7.31. The zero-order chi connectivity index (χ0) is 20.6. The maximum Gasteiger partial charge on any atom is 0.338 e. The van der Waals surface area contributed by atoms with Crippen LogP contribution in [-0.4, -0.2) is 31.2 Å². The highest BCUT2D eigenvalue weighted by Crippen LogP contribution is 2.31. The van der Waals surface area contributed by atoms with Crippen molar-refractivity contribution in [1.29, 1.82) is 0 Å². The van der Waals surface area contributed by atoms with Crippen LogP contribution in [0.2, 0.25) is 0 Å². The number of carbonyl (C=O) groups is 1. The second-order valence-corrected chi connectivity index (χ2v) is 8.09. The highest BCUT2D eigenvalue weighted by atomic mass is 32.1. The van der Waals surface area contributed by atoms with Crippen molar-refractivity contribution in [3.8, 4) is 0 Å². The molecule has 1 aromatic carbocycles. The van der Waals surface area contributed by atoms with E-state index in [-0.39, 0.29) is 12.2 Å². The maximum atomic E-state index is 13.2. The van der Waals surface area contributed by atoms with E-state index in [1.807, 2.05) is 57.1 Å². The van der Waals surface area contributed by atoms with Crippen molar-refractivity contribution in [2.24, 2.45) is 4.99 Å². The number of rotatable bonds is 4. The third-order valence-corrected chi connectivity index (χ3v) is 5.93. The van der Waals surface area contributed by atoms with Gasteiger partial charge in [0.25, 0.3) is 5.56 Å². The molecule has 1 atom stereocenters. The Morgan fingerprint density at radius 3 is 2.43 bits per heavy atom. The molecule has 0 spiro atoms. The molecule has 6 nitrogen and oxygen atoms in total. The molecule has 2 aromatic rings. The second kappa shape index (κ2) is 7.75. The van der Waals surface area contributed by atoms with Gasteiger partial charge < -0.3 is 9.64 Å². The summed E-state index contributed by atoms with van der Waals surface area (Å²) in [5.41, 5.74) is 3.70. The van der Waals surface area contributed by atoms with Gasteiger partial charge in [-0.2, -0.15) is 0 Å². The lowest BCUT2D eigenvalue weighted by molar-refractivity contribution is -0.139. The summed E-state index contributed by atoms with van der Waals surface area (Å²) < 4.78 is 7.57. The first-order valence-corrected chi connectivity index (χ1v) is 10.0. The molecular formula is C21H25N3O3S. The highest BCUT2D eigenvalue weighted by Gasteiger charge is 2.33. The Morgan fingerprint density at radius 1 is 1.25 bits per heavy atom. The van der Waals surface area contributed by atoms with Crippen LogP contribution in [0, 0.1) is 0 Å². The average molecular weight is 400 g/mol. The Hall–Kier alpha value is -2.67. The first kappa shape index (κ1) is 20.1. The predicted octanol–water partition coefficient (Wildman–Crippen LogP) is 2.23. The van der Waals surface area contributed by atoms with Gasteiger partial charge in [-0.05, 0) is 45.4 Å².